The largest absolute Gasteiger partial charge is 0.487 e. The van der Waals surface area contributed by atoms with E-state index in [2.05, 4.69) is 21.2 Å². The van der Waals surface area contributed by atoms with Crippen molar-refractivity contribution in [3.05, 3.63) is 48.3 Å². The number of ether oxygens (including phenoxy) is 4. The molecule has 0 atom stereocenters. The molecular weight excluding hydrogens is 370 g/mol. The molecule has 3 aromatic rings. The number of nitrogens with zero attached hydrogens (tertiary/aromatic N) is 2. The minimum atomic E-state index is -1.95. The quantitative estimate of drug-likeness (QED) is 0.416. The molecule has 0 aliphatic carbocycles. The van der Waals surface area contributed by atoms with Crippen LogP contribution in [0.4, 0.5) is 11.5 Å². The number of terminal acetylenes is 1. The lowest BCUT2D eigenvalue weighted by Crippen LogP contribution is -2.09. The summed E-state index contributed by atoms with van der Waals surface area (Å²) in [5.74, 6) is 3.91. The van der Waals surface area contributed by atoms with E-state index in [9.17, 15) is 0 Å². The van der Waals surface area contributed by atoms with Crippen LogP contribution < -0.4 is 14.8 Å². The van der Waals surface area contributed by atoms with Crippen LogP contribution in [0.5, 0.6) is 11.5 Å². The first-order chi connectivity index (χ1) is 15.0. The summed E-state index contributed by atoms with van der Waals surface area (Å²) >= 11 is 0. The molecule has 0 unspecified atom stereocenters. The smallest absolute Gasteiger partial charge is 0.163 e. The molecule has 3 rings (SSSR count). The third-order valence-electron chi connectivity index (χ3n) is 3.97. The molecule has 0 aliphatic heterocycles. The number of benzene rings is 2. The van der Waals surface area contributed by atoms with E-state index in [1.54, 1.807) is 19.2 Å². The highest BCUT2D eigenvalue weighted by atomic mass is 16.5. The summed E-state index contributed by atoms with van der Waals surface area (Å²) in [6.45, 7) is -1.59. The van der Waals surface area contributed by atoms with Gasteiger partial charge in [0.05, 0.1) is 21.4 Å². The Labute approximate surface area is 172 Å². The van der Waals surface area contributed by atoms with Gasteiger partial charge < -0.3 is 24.3 Å². The van der Waals surface area contributed by atoms with Crippen molar-refractivity contribution in [2.24, 2.45) is 0 Å². The molecule has 0 saturated carbocycles. The molecule has 0 saturated heterocycles. The Morgan fingerprint density at radius 3 is 2.66 bits per heavy atom. The molecule has 29 heavy (non-hydrogen) atoms. The maximum absolute atomic E-state index is 7.73. The molecule has 7 heteroatoms. The van der Waals surface area contributed by atoms with Gasteiger partial charge in [-0.3, -0.25) is 0 Å². The number of aromatic nitrogens is 2. The summed E-state index contributed by atoms with van der Waals surface area (Å²) in [6.07, 6.45) is 6.92. The van der Waals surface area contributed by atoms with Gasteiger partial charge in [0.2, 0.25) is 0 Å². The molecule has 150 valence electrons. The maximum Gasteiger partial charge on any atom is 0.163 e. The summed E-state index contributed by atoms with van der Waals surface area (Å²) in [5.41, 5.74) is 2.12. The fraction of sp³-hybridized carbons (Fsp3) is 0.273. The van der Waals surface area contributed by atoms with Crippen LogP contribution in [0.15, 0.2) is 42.7 Å². The normalized spacial score (nSPS) is 12.0. The number of rotatable bonds is 10. The van der Waals surface area contributed by atoms with E-state index in [4.69, 9.17) is 28.1 Å². The molecular formula is C22H23N3O4. The van der Waals surface area contributed by atoms with Crippen LogP contribution >= 0.6 is 0 Å². The Morgan fingerprint density at radius 1 is 1.03 bits per heavy atom. The van der Waals surface area contributed by atoms with Crippen molar-refractivity contribution in [3.63, 3.8) is 0 Å². The van der Waals surface area contributed by atoms with Gasteiger partial charge >= 0.3 is 0 Å². The lowest BCUT2D eigenvalue weighted by molar-refractivity contribution is 0.132. The van der Waals surface area contributed by atoms with Gasteiger partial charge in [0.1, 0.15) is 25.4 Å². The van der Waals surface area contributed by atoms with E-state index < -0.39 is 6.56 Å². The Bertz CT molecular complexity index is 1090. The fourth-order valence-electron chi connectivity index (χ4n) is 2.61. The number of hydrogen-bond acceptors (Lipinski definition) is 7. The number of anilines is 2. The van der Waals surface area contributed by atoms with Crippen molar-refractivity contribution in [2.45, 2.75) is 0 Å². The van der Waals surface area contributed by atoms with Gasteiger partial charge in [0.25, 0.3) is 0 Å². The SMILES string of the molecule is [2H]C([2H])(COc1cc2ncnc(Nc3cccc(C#C)c3)c2cc1OCCOC)OC. The molecule has 0 radical (unpaired) electrons. The van der Waals surface area contributed by atoms with E-state index in [1.165, 1.54) is 13.4 Å². The zero-order valence-electron chi connectivity index (χ0n) is 18.3. The second-order valence-electron chi connectivity index (χ2n) is 5.87. The predicted octanol–water partition coefficient (Wildman–Crippen LogP) is 3.41. The Balaban J connectivity index is 1.97. The van der Waals surface area contributed by atoms with Gasteiger partial charge in [-0.1, -0.05) is 12.0 Å². The maximum atomic E-state index is 7.73. The fourth-order valence-corrected chi connectivity index (χ4v) is 2.61. The molecule has 1 heterocycles. The molecule has 0 fully saturated rings. The Hall–Kier alpha value is -3.34. The summed E-state index contributed by atoms with van der Waals surface area (Å²) < 4.78 is 36.7. The average Bonchev–Trinajstić information content (AvgIpc) is 2.78. The molecule has 7 nitrogen and oxygen atoms in total. The topological polar surface area (TPSA) is 74.7 Å². The van der Waals surface area contributed by atoms with Crippen LogP contribution in [0, 0.1) is 12.3 Å². The predicted molar refractivity (Wildman–Crippen MR) is 112 cm³/mol. The van der Waals surface area contributed by atoms with Crippen molar-refractivity contribution < 1.29 is 21.7 Å². The average molecular weight is 395 g/mol. The zero-order valence-corrected chi connectivity index (χ0v) is 16.3. The van der Waals surface area contributed by atoms with Gasteiger partial charge in [0, 0.05) is 36.9 Å². The molecule has 1 aromatic heterocycles. The van der Waals surface area contributed by atoms with E-state index in [0.717, 1.165) is 11.3 Å². The summed E-state index contributed by atoms with van der Waals surface area (Å²) in [6, 6.07) is 10.8. The van der Waals surface area contributed by atoms with Crippen LogP contribution in [0.1, 0.15) is 8.30 Å². The van der Waals surface area contributed by atoms with Crippen LogP contribution in [0.2, 0.25) is 0 Å². The second-order valence-corrected chi connectivity index (χ2v) is 5.87. The number of methoxy groups -OCH3 is 2. The van der Waals surface area contributed by atoms with Crippen molar-refractivity contribution in [3.8, 4) is 23.8 Å². The van der Waals surface area contributed by atoms with Crippen molar-refractivity contribution >= 4 is 22.4 Å². The van der Waals surface area contributed by atoms with Gasteiger partial charge in [-0.25, -0.2) is 9.97 Å². The standard InChI is InChI=1S/C22H23N3O4/c1-4-16-6-5-7-17(12-16)25-22-18-13-20(28-10-8-26-2)21(29-11-9-27-3)14-19(18)23-15-24-22/h1,5-7,12-15H,8-11H2,2-3H3,(H,23,24,25)/i9D2. The molecule has 0 amide bonds. The van der Waals surface area contributed by atoms with Gasteiger partial charge in [-0.05, 0) is 24.3 Å². The number of nitrogens with one attached hydrogen (secondary N) is 1. The zero-order chi connectivity index (χ0) is 22.3. The van der Waals surface area contributed by atoms with E-state index in [-0.39, 0.29) is 13.2 Å². The summed E-state index contributed by atoms with van der Waals surface area (Å²) in [7, 11) is 2.86. The number of fused-ring (bicyclic) bond motifs is 1. The molecule has 0 aliphatic rings. The second kappa shape index (κ2) is 10.3. The molecule has 1 N–H and O–H groups in total. The molecule has 0 bridgehead atoms. The third kappa shape index (κ3) is 5.35. The summed E-state index contributed by atoms with van der Waals surface area (Å²) in [4.78, 5) is 8.66. The Kier molecular flexibility index (Phi) is 6.28. The monoisotopic (exact) mass is 395 g/mol. The van der Waals surface area contributed by atoms with Crippen LogP contribution in [-0.2, 0) is 9.47 Å². The van der Waals surface area contributed by atoms with Crippen molar-refractivity contribution in [1.29, 1.82) is 0 Å². The van der Waals surface area contributed by atoms with Gasteiger partial charge in [0.15, 0.2) is 11.5 Å². The van der Waals surface area contributed by atoms with Gasteiger partial charge in [-0.15, -0.1) is 6.42 Å². The Morgan fingerprint density at radius 2 is 1.86 bits per heavy atom. The van der Waals surface area contributed by atoms with Crippen molar-refractivity contribution in [2.75, 3.05) is 45.9 Å². The summed E-state index contributed by atoms with van der Waals surface area (Å²) in [5, 5.41) is 3.95. The minimum Gasteiger partial charge on any atom is -0.487 e. The van der Waals surface area contributed by atoms with E-state index in [1.807, 2.05) is 24.3 Å². The first-order valence-electron chi connectivity index (χ1n) is 9.88. The number of hydrogen-bond donors (Lipinski definition) is 1. The molecule has 0 spiro atoms. The molecule has 2 aromatic carbocycles. The van der Waals surface area contributed by atoms with Crippen molar-refractivity contribution in [1.82, 2.24) is 9.97 Å². The highest BCUT2D eigenvalue weighted by molar-refractivity contribution is 5.93. The van der Waals surface area contributed by atoms with Crippen LogP contribution in [-0.4, -0.2) is 50.6 Å². The third-order valence-corrected chi connectivity index (χ3v) is 3.97. The lowest BCUT2D eigenvalue weighted by atomic mass is 10.2. The minimum absolute atomic E-state index is 0.288. The highest BCUT2D eigenvalue weighted by Crippen LogP contribution is 2.35. The lowest BCUT2D eigenvalue weighted by Gasteiger charge is -2.15. The highest BCUT2D eigenvalue weighted by Gasteiger charge is 2.13. The van der Waals surface area contributed by atoms with E-state index >= 15 is 0 Å². The first-order valence-corrected chi connectivity index (χ1v) is 8.88. The first kappa shape index (κ1) is 17.7. The van der Waals surface area contributed by atoms with Crippen LogP contribution in [0.3, 0.4) is 0 Å². The van der Waals surface area contributed by atoms with Crippen LogP contribution in [0.25, 0.3) is 10.9 Å². The van der Waals surface area contributed by atoms with Gasteiger partial charge in [-0.2, -0.15) is 0 Å². The van der Waals surface area contributed by atoms with E-state index in [0.29, 0.717) is 34.8 Å².